The molecule has 6 nitrogen and oxygen atoms in total. The minimum atomic E-state index is -0.451. The van der Waals surface area contributed by atoms with Gasteiger partial charge in [-0.15, -0.1) is 11.3 Å². The molecule has 1 aromatic heterocycles. The van der Waals surface area contributed by atoms with E-state index in [1.54, 1.807) is 17.4 Å². The van der Waals surface area contributed by atoms with E-state index in [4.69, 9.17) is 4.84 Å². The van der Waals surface area contributed by atoms with Crippen LogP contribution >= 0.6 is 27.3 Å². The van der Waals surface area contributed by atoms with Gasteiger partial charge in [0, 0.05) is 15.4 Å². The summed E-state index contributed by atoms with van der Waals surface area (Å²) in [7, 11) is 0. The van der Waals surface area contributed by atoms with Crippen LogP contribution in [0, 0.1) is 0 Å². The molecule has 0 aliphatic carbocycles. The molecule has 27 heavy (non-hydrogen) atoms. The van der Waals surface area contributed by atoms with E-state index in [1.807, 2.05) is 48.7 Å². The van der Waals surface area contributed by atoms with Crippen LogP contribution in [0.1, 0.15) is 17.4 Å². The van der Waals surface area contributed by atoms with Crippen molar-refractivity contribution in [1.82, 2.24) is 5.43 Å². The molecule has 0 unspecified atom stereocenters. The van der Waals surface area contributed by atoms with Crippen molar-refractivity contribution in [3.63, 3.8) is 0 Å². The molecule has 0 bridgehead atoms. The summed E-state index contributed by atoms with van der Waals surface area (Å²) in [6, 6.07) is 13.0. The highest BCUT2D eigenvalue weighted by Gasteiger charge is 2.08. The van der Waals surface area contributed by atoms with E-state index in [1.165, 1.54) is 6.21 Å². The Morgan fingerprint density at radius 2 is 2.07 bits per heavy atom. The lowest BCUT2D eigenvalue weighted by Crippen LogP contribution is -2.22. The van der Waals surface area contributed by atoms with Gasteiger partial charge in [-0.05, 0) is 29.8 Å². The van der Waals surface area contributed by atoms with E-state index >= 15 is 0 Å². The zero-order valence-electron chi connectivity index (χ0n) is 14.3. The third-order valence-electron chi connectivity index (χ3n) is 3.66. The fourth-order valence-electron chi connectivity index (χ4n) is 2.36. The maximum atomic E-state index is 11.8. The second-order valence-corrected chi connectivity index (χ2v) is 7.36. The number of nitrogens with zero attached hydrogens (tertiary/aromatic N) is 2. The molecule has 0 fully saturated rings. The molecule has 0 aliphatic heterocycles. The number of amides is 1. The number of carbonyl (C=O) groups excluding carboxylic acids is 1. The summed E-state index contributed by atoms with van der Waals surface area (Å²) in [5.74, 6) is -0.354. The number of hydrazone groups is 1. The van der Waals surface area contributed by atoms with E-state index in [0.29, 0.717) is 16.7 Å². The first-order valence-electron chi connectivity index (χ1n) is 7.99. The van der Waals surface area contributed by atoms with Crippen LogP contribution in [-0.4, -0.2) is 29.5 Å². The van der Waals surface area contributed by atoms with Gasteiger partial charge in [-0.2, -0.15) is 5.10 Å². The minimum Gasteiger partial charge on any atom is -0.507 e. The topological polar surface area (TPSA) is 83.3 Å². The second-order valence-electron chi connectivity index (χ2n) is 5.56. The van der Waals surface area contributed by atoms with E-state index in [-0.39, 0.29) is 12.4 Å². The molecule has 0 saturated carbocycles. The molecule has 8 heteroatoms. The number of oxime groups is 1. The highest BCUT2D eigenvalue weighted by Crippen LogP contribution is 2.33. The van der Waals surface area contributed by atoms with Crippen molar-refractivity contribution < 1.29 is 14.7 Å². The summed E-state index contributed by atoms with van der Waals surface area (Å²) in [6.07, 6.45) is 1.38. The van der Waals surface area contributed by atoms with Crippen LogP contribution in [-0.2, 0) is 9.63 Å². The molecule has 3 aromatic rings. The van der Waals surface area contributed by atoms with Crippen molar-refractivity contribution in [3.05, 3.63) is 62.8 Å². The molecule has 2 aromatic carbocycles. The van der Waals surface area contributed by atoms with Gasteiger partial charge in [0.15, 0.2) is 6.61 Å². The Bertz CT molecular complexity index is 1020. The quantitative estimate of drug-likeness (QED) is 0.439. The fraction of sp³-hybridized carbons (Fsp3) is 0.105. The Hall–Kier alpha value is -2.71. The van der Waals surface area contributed by atoms with Crippen LogP contribution in [0.4, 0.5) is 0 Å². The normalized spacial score (nSPS) is 11.9. The lowest BCUT2D eigenvalue weighted by Gasteiger charge is -2.06. The highest BCUT2D eigenvalue weighted by molar-refractivity contribution is 9.10. The Labute approximate surface area is 168 Å². The first-order chi connectivity index (χ1) is 13.1. The van der Waals surface area contributed by atoms with Gasteiger partial charge >= 0.3 is 0 Å². The molecule has 1 heterocycles. The number of hydrogen-bond acceptors (Lipinski definition) is 6. The summed E-state index contributed by atoms with van der Waals surface area (Å²) in [5, 5.41) is 21.7. The lowest BCUT2D eigenvalue weighted by molar-refractivity contribution is -0.125. The third-order valence-corrected chi connectivity index (χ3v) is 5.30. The molecule has 0 spiro atoms. The molecule has 138 valence electrons. The number of benzene rings is 2. The molecule has 0 radical (unpaired) electrons. The van der Waals surface area contributed by atoms with Gasteiger partial charge in [-0.25, -0.2) is 5.43 Å². The Morgan fingerprint density at radius 3 is 2.81 bits per heavy atom. The number of thiophene rings is 1. The monoisotopic (exact) mass is 445 g/mol. The fourth-order valence-corrected chi connectivity index (χ4v) is 3.62. The number of carbonyl (C=O) groups is 1. The average molecular weight is 446 g/mol. The number of halogens is 1. The summed E-state index contributed by atoms with van der Waals surface area (Å²) in [6.45, 7) is 1.55. The molecular formula is C19H16BrN3O3S. The van der Waals surface area contributed by atoms with E-state index in [2.05, 4.69) is 31.6 Å². The number of fused-ring (bicyclic) bond motifs is 1. The van der Waals surface area contributed by atoms with Crippen LogP contribution < -0.4 is 5.43 Å². The summed E-state index contributed by atoms with van der Waals surface area (Å²) in [4.78, 5) is 17.8. The smallest absolute Gasteiger partial charge is 0.280 e. The number of phenolic OH excluding ortho intramolecular Hbond substituents is 1. The molecule has 0 atom stereocenters. The maximum Gasteiger partial charge on any atom is 0.280 e. The van der Waals surface area contributed by atoms with Crippen molar-refractivity contribution in [2.45, 2.75) is 6.92 Å². The summed E-state index contributed by atoms with van der Waals surface area (Å²) >= 11 is 5.01. The molecule has 3 rings (SSSR count). The number of hydrogen-bond donors (Lipinski definition) is 2. The van der Waals surface area contributed by atoms with Crippen molar-refractivity contribution in [2.24, 2.45) is 10.3 Å². The zero-order chi connectivity index (χ0) is 19.2. The van der Waals surface area contributed by atoms with Crippen LogP contribution in [0.5, 0.6) is 5.75 Å². The molecular weight excluding hydrogens is 430 g/mol. The van der Waals surface area contributed by atoms with Gasteiger partial charge in [0.2, 0.25) is 0 Å². The molecule has 0 saturated heterocycles. The largest absolute Gasteiger partial charge is 0.507 e. The van der Waals surface area contributed by atoms with Crippen LogP contribution in [0.15, 0.2) is 62.6 Å². The average Bonchev–Trinajstić information content (AvgIpc) is 3.20. The predicted molar refractivity (Wildman–Crippen MR) is 112 cm³/mol. The van der Waals surface area contributed by atoms with Gasteiger partial charge in [-0.1, -0.05) is 51.4 Å². The summed E-state index contributed by atoms with van der Waals surface area (Å²) < 4.78 is 0.824. The Kier molecular flexibility index (Phi) is 6.20. The van der Waals surface area contributed by atoms with E-state index < -0.39 is 5.91 Å². The molecule has 1 amide bonds. The highest BCUT2D eigenvalue weighted by atomic mass is 79.9. The van der Waals surface area contributed by atoms with Gasteiger partial charge in [0.1, 0.15) is 5.75 Å². The van der Waals surface area contributed by atoms with Gasteiger partial charge < -0.3 is 9.94 Å². The standard InChI is InChI=1S/C19H16BrN3O3S/c1-12(17-7-4-8-27-17)23-26-11-18(24)22-21-10-13-9-16(20)14-5-2-3-6-15(14)19(13)25/h2-10,25H,11H2,1H3,(H,22,24)/b21-10+,23-12-. The summed E-state index contributed by atoms with van der Waals surface area (Å²) in [5.41, 5.74) is 3.53. The first kappa shape index (κ1) is 19.1. The van der Waals surface area contributed by atoms with Crippen molar-refractivity contribution >= 4 is 55.9 Å². The van der Waals surface area contributed by atoms with Crippen molar-refractivity contribution in [2.75, 3.05) is 6.61 Å². The van der Waals surface area contributed by atoms with Crippen molar-refractivity contribution in [1.29, 1.82) is 0 Å². The first-order valence-corrected chi connectivity index (χ1v) is 9.66. The minimum absolute atomic E-state index is 0.0965. The Balaban J connectivity index is 1.59. The van der Waals surface area contributed by atoms with Crippen LogP contribution in [0.2, 0.25) is 0 Å². The van der Waals surface area contributed by atoms with Gasteiger partial charge in [0.25, 0.3) is 5.91 Å². The molecule has 2 N–H and O–H groups in total. The van der Waals surface area contributed by atoms with E-state index in [0.717, 1.165) is 14.7 Å². The number of aromatic hydroxyl groups is 1. The Morgan fingerprint density at radius 1 is 1.30 bits per heavy atom. The van der Waals surface area contributed by atoms with Gasteiger partial charge in [0.05, 0.1) is 16.8 Å². The lowest BCUT2D eigenvalue weighted by atomic mass is 10.1. The molecule has 0 aliphatic rings. The van der Waals surface area contributed by atoms with Crippen molar-refractivity contribution in [3.8, 4) is 5.75 Å². The zero-order valence-corrected chi connectivity index (χ0v) is 16.8. The predicted octanol–water partition coefficient (Wildman–Crippen LogP) is 4.26. The van der Waals surface area contributed by atoms with Crippen LogP contribution in [0.25, 0.3) is 10.8 Å². The maximum absolute atomic E-state index is 11.8. The number of phenols is 1. The number of rotatable bonds is 6. The van der Waals surface area contributed by atoms with Gasteiger partial charge in [-0.3, -0.25) is 4.79 Å². The second kappa shape index (κ2) is 8.79. The number of nitrogens with one attached hydrogen (secondary N) is 1. The van der Waals surface area contributed by atoms with E-state index in [9.17, 15) is 9.90 Å². The third kappa shape index (κ3) is 4.72. The van der Waals surface area contributed by atoms with Crippen LogP contribution in [0.3, 0.4) is 0 Å². The SMILES string of the molecule is C/C(=N/OCC(=O)N/N=C/c1cc(Br)c2ccccc2c1O)c1cccs1.